The van der Waals surface area contributed by atoms with Gasteiger partial charge in [-0.05, 0) is 49.1 Å². The fourth-order valence-electron chi connectivity index (χ4n) is 3.32. The zero-order chi connectivity index (χ0) is 21.8. The van der Waals surface area contributed by atoms with E-state index in [1.807, 2.05) is 80.6 Å². The third-order valence-electron chi connectivity index (χ3n) is 4.91. The smallest absolute Gasteiger partial charge is 0.257 e. The molecule has 156 valence electrons. The lowest BCUT2D eigenvalue weighted by Gasteiger charge is -2.14. The van der Waals surface area contributed by atoms with Crippen LogP contribution in [0.25, 0.3) is 10.8 Å². The van der Waals surface area contributed by atoms with Crippen molar-refractivity contribution < 1.29 is 9.53 Å². The van der Waals surface area contributed by atoms with Crippen LogP contribution in [-0.4, -0.2) is 17.5 Å². The van der Waals surface area contributed by atoms with Crippen molar-refractivity contribution in [1.29, 1.82) is 0 Å². The van der Waals surface area contributed by atoms with Crippen molar-refractivity contribution in [3.63, 3.8) is 0 Å². The molecular weight excluding hydrogens is 410 g/mol. The number of rotatable bonds is 6. The molecule has 0 saturated heterocycles. The van der Waals surface area contributed by atoms with Gasteiger partial charge in [-0.25, -0.2) is 4.98 Å². The minimum Gasteiger partial charge on any atom is -0.492 e. The third-order valence-corrected chi connectivity index (χ3v) is 5.32. The molecule has 3 aromatic carbocycles. The fourth-order valence-corrected chi connectivity index (χ4v) is 3.50. The number of hydrogen-bond donors (Lipinski definition) is 2. The van der Waals surface area contributed by atoms with Crippen LogP contribution in [0.1, 0.15) is 22.8 Å². The Morgan fingerprint density at radius 1 is 1.03 bits per heavy atom. The van der Waals surface area contributed by atoms with Crippen molar-refractivity contribution >= 4 is 45.5 Å². The van der Waals surface area contributed by atoms with Gasteiger partial charge in [-0.1, -0.05) is 54.1 Å². The molecule has 2 N–H and O–H groups in total. The summed E-state index contributed by atoms with van der Waals surface area (Å²) in [6.07, 6.45) is 1.58. The van der Waals surface area contributed by atoms with Crippen LogP contribution in [0.3, 0.4) is 0 Å². The number of carbonyl (C=O) groups excluding carboxylic acids is 1. The van der Waals surface area contributed by atoms with Gasteiger partial charge in [-0.2, -0.15) is 0 Å². The van der Waals surface area contributed by atoms with E-state index >= 15 is 0 Å². The Morgan fingerprint density at radius 3 is 2.55 bits per heavy atom. The Labute approximate surface area is 186 Å². The number of fused-ring (bicyclic) bond motifs is 1. The molecule has 0 spiro atoms. The van der Waals surface area contributed by atoms with Gasteiger partial charge in [0.2, 0.25) is 0 Å². The fraction of sp³-hybridized carbons (Fsp3) is 0.120. The summed E-state index contributed by atoms with van der Waals surface area (Å²) in [6.45, 7) is 4.38. The maximum absolute atomic E-state index is 13.1. The van der Waals surface area contributed by atoms with Crippen molar-refractivity contribution in [2.75, 3.05) is 17.2 Å². The number of carbonyl (C=O) groups is 1. The molecule has 1 heterocycles. The maximum atomic E-state index is 13.1. The third kappa shape index (κ3) is 4.47. The molecule has 31 heavy (non-hydrogen) atoms. The summed E-state index contributed by atoms with van der Waals surface area (Å²) < 4.78 is 5.61. The normalized spacial score (nSPS) is 10.7. The van der Waals surface area contributed by atoms with E-state index in [1.165, 1.54) is 0 Å². The summed E-state index contributed by atoms with van der Waals surface area (Å²) in [5, 5.41) is 8.57. The van der Waals surface area contributed by atoms with Gasteiger partial charge in [-0.3, -0.25) is 4.79 Å². The van der Waals surface area contributed by atoms with Gasteiger partial charge in [0.15, 0.2) is 0 Å². The van der Waals surface area contributed by atoms with Crippen molar-refractivity contribution in [2.24, 2.45) is 0 Å². The lowest BCUT2D eigenvalue weighted by Crippen LogP contribution is -2.14. The van der Waals surface area contributed by atoms with E-state index in [4.69, 9.17) is 16.3 Å². The Morgan fingerprint density at radius 2 is 1.77 bits per heavy atom. The highest BCUT2D eigenvalue weighted by Crippen LogP contribution is 2.30. The number of nitrogens with one attached hydrogen (secondary N) is 2. The Hall–Kier alpha value is -3.57. The highest BCUT2D eigenvalue weighted by molar-refractivity contribution is 6.31. The van der Waals surface area contributed by atoms with Gasteiger partial charge in [0, 0.05) is 22.3 Å². The first kappa shape index (κ1) is 20.7. The van der Waals surface area contributed by atoms with E-state index in [0.29, 0.717) is 34.4 Å². The topological polar surface area (TPSA) is 63.2 Å². The number of amides is 1. The average Bonchev–Trinajstić information content (AvgIpc) is 2.78. The zero-order valence-electron chi connectivity index (χ0n) is 17.3. The van der Waals surface area contributed by atoms with Crippen LogP contribution < -0.4 is 15.4 Å². The molecule has 0 radical (unpaired) electrons. The van der Waals surface area contributed by atoms with Crippen LogP contribution in [-0.2, 0) is 0 Å². The van der Waals surface area contributed by atoms with Crippen LogP contribution in [0, 0.1) is 6.92 Å². The standard InChI is InChI=1S/C25H22ClN3O2/c1-3-31-23-11-7-6-10-22(23)29-25(30)20-15-27-24(19-9-5-4-8-18(19)20)28-17-13-12-16(2)21(26)14-17/h4-15H,3H2,1-2H3,(H,27,28)(H,29,30). The molecule has 0 unspecified atom stereocenters. The number of nitrogens with zero attached hydrogens (tertiary/aromatic N) is 1. The monoisotopic (exact) mass is 431 g/mol. The Balaban J connectivity index is 1.68. The van der Waals surface area contributed by atoms with E-state index in [2.05, 4.69) is 15.6 Å². The average molecular weight is 432 g/mol. The van der Waals surface area contributed by atoms with E-state index in [9.17, 15) is 4.79 Å². The summed E-state index contributed by atoms with van der Waals surface area (Å²) >= 11 is 6.25. The molecule has 0 saturated carbocycles. The molecule has 1 amide bonds. The van der Waals surface area contributed by atoms with E-state index in [-0.39, 0.29) is 5.91 Å². The van der Waals surface area contributed by atoms with E-state index in [0.717, 1.165) is 22.0 Å². The summed E-state index contributed by atoms with van der Waals surface area (Å²) in [7, 11) is 0. The molecule has 0 aliphatic carbocycles. The number of benzene rings is 3. The van der Waals surface area contributed by atoms with Crippen LogP contribution in [0.15, 0.2) is 72.9 Å². The lowest BCUT2D eigenvalue weighted by atomic mass is 10.1. The van der Waals surface area contributed by atoms with Crippen LogP contribution in [0.5, 0.6) is 5.75 Å². The van der Waals surface area contributed by atoms with Crippen molar-refractivity contribution in [3.8, 4) is 5.75 Å². The Bertz CT molecular complexity index is 1260. The number of hydrogen-bond acceptors (Lipinski definition) is 4. The lowest BCUT2D eigenvalue weighted by molar-refractivity contribution is 0.102. The van der Waals surface area contributed by atoms with Crippen LogP contribution >= 0.6 is 11.6 Å². The predicted octanol–water partition coefficient (Wildman–Crippen LogP) is 6.59. The molecule has 0 aliphatic heterocycles. The summed E-state index contributed by atoms with van der Waals surface area (Å²) in [6, 6.07) is 20.8. The molecule has 4 rings (SSSR count). The molecule has 5 nitrogen and oxygen atoms in total. The minimum absolute atomic E-state index is 0.249. The molecule has 0 aliphatic rings. The van der Waals surface area contributed by atoms with Crippen molar-refractivity contribution in [2.45, 2.75) is 13.8 Å². The second kappa shape index (κ2) is 9.06. The van der Waals surface area contributed by atoms with Crippen LogP contribution in [0.4, 0.5) is 17.2 Å². The van der Waals surface area contributed by atoms with Crippen molar-refractivity contribution in [3.05, 3.63) is 89.1 Å². The zero-order valence-corrected chi connectivity index (χ0v) is 18.0. The van der Waals surface area contributed by atoms with Gasteiger partial charge >= 0.3 is 0 Å². The minimum atomic E-state index is -0.249. The van der Waals surface area contributed by atoms with Crippen molar-refractivity contribution in [1.82, 2.24) is 4.98 Å². The second-order valence-corrected chi connectivity index (χ2v) is 7.45. The molecule has 0 fully saturated rings. The van der Waals surface area contributed by atoms with Gasteiger partial charge in [-0.15, -0.1) is 0 Å². The molecule has 0 atom stereocenters. The van der Waals surface area contributed by atoms with E-state index < -0.39 is 0 Å². The number of halogens is 1. The van der Waals surface area contributed by atoms with E-state index in [1.54, 1.807) is 6.20 Å². The molecular formula is C25H22ClN3O2. The van der Waals surface area contributed by atoms with Crippen LogP contribution in [0.2, 0.25) is 5.02 Å². The molecule has 0 bridgehead atoms. The summed E-state index contributed by atoms with van der Waals surface area (Å²) in [4.78, 5) is 17.6. The number of para-hydroxylation sites is 2. The first-order chi connectivity index (χ1) is 15.1. The first-order valence-electron chi connectivity index (χ1n) is 10.0. The number of aromatic nitrogens is 1. The number of aryl methyl sites for hydroxylation is 1. The first-order valence-corrected chi connectivity index (χ1v) is 10.4. The number of anilines is 3. The highest BCUT2D eigenvalue weighted by atomic mass is 35.5. The van der Waals surface area contributed by atoms with Gasteiger partial charge in [0.1, 0.15) is 11.6 Å². The van der Waals surface area contributed by atoms with Gasteiger partial charge in [0.25, 0.3) is 5.91 Å². The summed E-state index contributed by atoms with van der Waals surface area (Å²) in [5.41, 5.74) is 2.94. The molecule has 6 heteroatoms. The largest absolute Gasteiger partial charge is 0.492 e. The summed E-state index contributed by atoms with van der Waals surface area (Å²) in [5.74, 6) is 1.03. The quantitative estimate of drug-likeness (QED) is 0.361. The number of pyridine rings is 1. The van der Waals surface area contributed by atoms with Gasteiger partial charge in [0.05, 0.1) is 17.9 Å². The second-order valence-electron chi connectivity index (χ2n) is 7.04. The van der Waals surface area contributed by atoms with Gasteiger partial charge < -0.3 is 15.4 Å². The maximum Gasteiger partial charge on any atom is 0.257 e. The Kier molecular flexibility index (Phi) is 6.05. The molecule has 1 aromatic heterocycles. The predicted molar refractivity (Wildman–Crippen MR) is 127 cm³/mol. The number of ether oxygens (including phenoxy) is 1. The highest BCUT2D eigenvalue weighted by Gasteiger charge is 2.15. The SMILES string of the molecule is CCOc1ccccc1NC(=O)c1cnc(Nc2ccc(C)c(Cl)c2)c2ccccc12. The molecule has 4 aromatic rings.